The van der Waals surface area contributed by atoms with E-state index in [9.17, 15) is 4.79 Å². The third-order valence-electron chi connectivity index (χ3n) is 4.92. The quantitative estimate of drug-likeness (QED) is 0.927. The van der Waals surface area contributed by atoms with Crippen molar-refractivity contribution in [3.63, 3.8) is 0 Å². The summed E-state index contributed by atoms with van der Waals surface area (Å²) in [5.74, 6) is 0.193. The molecule has 1 aromatic carbocycles. The Bertz CT molecular complexity index is 669. The molecule has 2 aliphatic heterocycles. The van der Waals surface area contributed by atoms with Crippen LogP contribution in [0.15, 0.2) is 24.5 Å². The normalized spacial score (nSPS) is 28.2. The van der Waals surface area contributed by atoms with E-state index in [4.69, 9.17) is 0 Å². The van der Waals surface area contributed by atoms with Crippen LogP contribution in [0, 0.1) is 0 Å². The smallest absolute Gasteiger partial charge is 0.254 e. The Kier molecular flexibility index (Phi) is 3.17. The van der Waals surface area contributed by atoms with Gasteiger partial charge in [-0.1, -0.05) is 0 Å². The molecule has 2 aliphatic rings. The Hall–Kier alpha value is -1.49. The van der Waals surface area contributed by atoms with Gasteiger partial charge in [-0.25, -0.2) is 4.98 Å². The average molecular weight is 301 g/mol. The molecule has 2 atom stereocenters. The number of benzene rings is 1. The summed E-state index contributed by atoms with van der Waals surface area (Å²) < 4.78 is 0. The lowest BCUT2D eigenvalue weighted by molar-refractivity contribution is 0.0602. The molecule has 0 spiro atoms. The summed E-state index contributed by atoms with van der Waals surface area (Å²) in [6.45, 7) is 0. The van der Waals surface area contributed by atoms with E-state index in [2.05, 4.69) is 21.1 Å². The minimum Gasteiger partial charge on any atom is -0.345 e. The summed E-state index contributed by atoms with van der Waals surface area (Å²) in [5, 5.41) is 0.724. The molecule has 2 unspecified atom stereocenters. The van der Waals surface area contributed by atoms with E-state index < -0.39 is 0 Å². The Morgan fingerprint density at radius 2 is 2.10 bits per heavy atom. The van der Waals surface area contributed by atoms with Gasteiger partial charge in [0.05, 0.1) is 17.4 Å². The van der Waals surface area contributed by atoms with Crippen molar-refractivity contribution in [2.45, 2.75) is 43.0 Å². The molecule has 0 aliphatic carbocycles. The number of thioether (sulfide) groups is 1. The van der Waals surface area contributed by atoms with Crippen LogP contribution in [0.3, 0.4) is 0 Å². The van der Waals surface area contributed by atoms with Gasteiger partial charge in [-0.3, -0.25) is 4.79 Å². The molecule has 0 radical (unpaired) electrons. The first-order valence-electron chi connectivity index (χ1n) is 7.55. The van der Waals surface area contributed by atoms with Crippen molar-refractivity contribution in [1.29, 1.82) is 0 Å². The number of imidazole rings is 1. The fourth-order valence-electron chi connectivity index (χ4n) is 3.87. The number of nitrogens with zero attached hydrogens (tertiary/aromatic N) is 2. The van der Waals surface area contributed by atoms with Gasteiger partial charge < -0.3 is 9.88 Å². The maximum Gasteiger partial charge on any atom is 0.254 e. The zero-order valence-electron chi connectivity index (χ0n) is 12.1. The van der Waals surface area contributed by atoms with Crippen molar-refractivity contribution in [1.82, 2.24) is 14.9 Å². The Labute approximate surface area is 128 Å². The van der Waals surface area contributed by atoms with Crippen LogP contribution in [0.1, 0.15) is 36.0 Å². The molecule has 0 saturated carbocycles. The molecule has 21 heavy (non-hydrogen) atoms. The van der Waals surface area contributed by atoms with Gasteiger partial charge in [0.1, 0.15) is 0 Å². The second-order valence-electron chi connectivity index (χ2n) is 6.06. The molecule has 2 bridgehead atoms. The van der Waals surface area contributed by atoms with Crippen molar-refractivity contribution in [3.05, 3.63) is 30.1 Å². The van der Waals surface area contributed by atoms with Gasteiger partial charge in [0, 0.05) is 22.9 Å². The monoisotopic (exact) mass is 301 g/mol. The summed E-state index contributed by atoms with van der Waals surface area (Å²) >= 11 is 1.95. The first kappa shape index (κ1) is 13.2. The van der Waals surface area contributed by atoms with E-state index >= 15 is 0 Å². The van der Waals surface area contributed by atoms with Crippen LogP contribution < -0.4 is 0 Å². The number of carbonyl (C=O) groups excluding carboxylic acids is 1. The molecule has 2 aromatic rings. The standard InChI is InChI=1S/C16H19N3OS/c1-21-13-7-11-3-4-12(8-13)19(11)16(20)10-2-5-14-15(6-10)18-9-17-14/h2,5-6,9,11-13H,3-4,7-8H2,1H3,(H,17,18). The molecule has 1 N–H and O–H groups in total. The van der Waals surface area contributed by atoms with Crippen LogP contribution >= 0.6 is 11.8 Å². The molecule has 2 fully saturated rings. The molecular formula is C16H19N3OS. The van der Waals surface area contributed by atoms with Crippen LogP contribution in [-0.2, 0) is 0 Å². The number of piperidine rings is 1. The molecule has 110 valence electrons. The molecule has 3 heterocycles. The third kappa shape index (κ3) is 2.14. The van der Waals surface area contributed by atoms with Gasteiger partial charge in [0.25, 0.3) is 5.91 Å². The molecular weight excluding hydrogens is 282 g/mol. The summed E-state index contributed by atoms with van der Waals surface area (Å²) in [5.41, 5.74) is 2.63. The van der Waals surface area contributed by atoms with Crippen molar-refractivity contribution in [3.8, 4) is 0 Å². The maximum absolute atomic E-state index is 12.9. The first-order chi connectivity index (χ1) is 10.3. The van der Waals surface area contributed by atoms with Gasteiger partial charge in [-0.15, -0.1) is 0 Å². The highest BCUT2D eigenvalue weighted by atomic mass is 32.2. The van der Waals surface area contributed by atoms with Crippen LogP contribution in [0.4, 0.5) is 0 Å². The lowest BCUT2D eigenvalue weighted by atomic mass is 10.0. The van der Waals surface area contributed by atoms with Gasteiger partial charge in [-0.05, 0) is 50.1 Å². The molecule has 5 heteroatoms. The SMILES string of the molecule is CSC1CC2CCC(C1)N2C(=O)c1ccc2nc[nH]c2c1. The lowest BCUT2D eigenvalue weighted by Crippen LogP contribution is -2.47. The number of aromatic nitrogens is 2. The van der Waals surface area contributed by atoms with Gasteiger partial charge in [0.2, 0.25) is 0 Å². The number of rotatable bonds is 2. The van der Waals surface area contributed by atoms with Gasteiger partial charge in [-0.2, -0.15) is 11.8 Å². The number of H-pyrrole nitrogens is 1. The maximum atomic E-state index is 12.9. The Balaban J connectivity index is 1.62. The number of nitrogens with one attached hydrogen (secondary N) is 1. The molecule has 2 saturated heterocycles. The van der Waals surface area contributed by atoms with E-state index in [1.54, 1.807) is 6.33 Å². The van der Waals surface area contributed by atoms with E-state index in [-0.39, 0.29) is 5.91 Å². The zero-order valence-corrected chi connectivity index (χ0v) is 12.9. The van der Waals surface area contributed by atoms with Crippen LogP contribution in [-0.4, -0.2) is 44.4 Å². The average Bonchev–Trinajstić information content (AvgIpc) is 3.08. The number of carbonyl (C=O) groups is 1. The number of amides is 1. The van der Waals surface area contributed by atoms with Crippen molar-refractivity contribution >= 4 is 28.7 Å². The van der Waals surface area contributed by atoms with E-state index in [1.165, 1.54) is 12.8 Å². The zero-order chi connectivity index (χ0) is 14.4. The molecule has 4 nitrogen and oxygen atoms in total. The summed E-state index contributed by atoms with van der Waals surface area (Å²) in [7, 11) is 0. The van der Waals surface area contributed by atoms with Crippen LogP contribution in [0.2, 0.25) is 0 Å². The largest absolute Gasteiger partial charge is 0.345 e. The third-order valence-corrected chi connectivity index (χ3v) is 5.98. The van der Waals surface area contributed by atoms with E-state index in [0.29, 0.717) is 12.1 Å². The Morgan fingerprint density at radius 1 is 1.33 bits per heavy atom. The summed E-state index contributed by atoms with van der Waals surface area (Å²) in [6.07, 6.45) is 8.49. The first-order valence-corrected chi connectivity index (χ1v) is 8.83. The molecule has 1 aromatic heterocycles. The van der Waals surface area contributed by atoms with Crippen molar-refractivity contribution in [2.75, 3.05) is 6.26 Å². The highest BCUT2D eigenvalue weighted by molar-refractivity contribution is 7.99. The lowest BCUT2D eigenvalue weighted by Gasteiger charge is -2.38. The minimum atomic E-state index is 0.193. The van der Waals surface area contributed by atoms with Crippen molar-refractivity contribution < 1.29 is 4.79 Å². The summed E-state index contributed by atoms with van der Waals surface area (Å²) in [6, 6.07) is 6.64. The topological polar surface area (TPSA) is 49.0 Å². The number of hydrogen-bond donors (Lipinski definition) is 1. The van der Waals surface area contributed by atoms with Gasteiger partial charge in [0.15, 0.2) is 0 Å². The number of hydrogen-bond acceptors (Lipinski definition) is 3. The van der Waals surface area contributed by atoms with E-state index in [1.807, 2.05) is 30.0 Å². The van der Waals surface area contributed by atoms with Crippen molar-refractivity contribution in [2.24, 2.45) is 0 Å². The number of aromatic amines is 1. The van der Waals surface area contributed by atoms with E-state index in [0.717, 1.165) is 34.7 Å². The second-order valence-corrected chi connectivity index (χ2v) is 7.20. The molecule has 4 rings (SSSR count). The highest BCUT2D eigenvalue weighted by Crippen LogP contribution is 2.40. The van der Waals surface area contributed by atoms with Crippen LogP contribution in [0.25, 0.3) is 11.0 Å². The number of fused-ring (bicyclic) bond motifs is 3. The fraction of sp³-hybridized carbons (Fsp3) is 0.500. The van der Waals surface area contributed by atoms with Crippen LogP contribution in [0.5, 0.6) is 0 Å². The highest BCUT2D eigenvalue weighted by Gasteiger charge is 2.43. The minimum absolute atomic E-state index is 0.193. The predicted octanol–water partition coefficient (Wildman–Crippen LogP) is 3.06. The molecule has 1 amide bonds. The Morgan fingerprint density at radius 3 is 2.81 bits per heavy atom. The summed E-state index contributed by atoms with van der Waals surface area (Å²) in [4.78, 5) is 22.4. The second kappa shape index (κ2) is 5.05. The van der Waals surface area contributed by atoms with Gasteiger partial charge >= 0.3 is 0 Å². The fourth-order valence-corrected chi connectivity index (χ4v) is 4.70. The predicted molar refractivity (Wildman–Crippen MR) is 85.6 cm³/mol.